The van der Waals surface area contributed by atoms with Crippen molar-refractivity contribution in [1.82, 2.24) is 9.47 Å². The minimum absolute atomic E-state index is 0.0128. The van der Waals surface area contributed by atoms with Gasteiger partial charge in [0.2, 0.25) is 0 Å². The van der Waals surface area contributed by atoms with Crippen molar-refractivity contribution in [3.05, 3.63) is 34.7 Å². The predicted octanol–water partition coefficient (Wildman–Crippen LogP) is 0.645. The fourth-order valence-electron chi connectivity index (χ4n) is 2.42. The Labute approximate surface area is 106 Å². The van der Waals surface area contributed by atoms with E-state index in [2.05, 4.69) is 4.90 Å². The Bertz CT molecular complexity index is 469. The van der Waals surface area contributed by atoms with E-state index in [1.807, 2.05) is 6.07 Å². The Kier molecular flexibility index (Phi) is 4.15. The van der Waals surface area contributed by atoms with Crippen LogP contribution in [0.15, 0.2) is 29.2 Å². The molecule has 0 bridgehead atoms. The Morgan fingerprint density at radius 3 is 2.94 bits per heavy atom. The second kappa shape index (κ2) is 5.82. The van der Waals surface area contributed by atoms with Gasteiger partial charge in [0.25, 0.3) is 5.56 Å². The van der Waals surface area contributed by atoms with Crippen molar-refractivity contribution in [2.75, 3.05) is 19.6 Å². The minimum Gasteiger partial charge on any atom is -0.481 e. The zero-order chi connectivity index (χ0) is 13.0. The number of hydrogen-bond donors (Lipinski definition) is 1. The molecule has 1 saturated heterocycles. The molecule has 1 aromatic rings. The largest absolute Gasteiger partial charge is 0.481 e. The summed E-state index contributed by atoms with van der Waals surface area (Å²) in [6.07, 6.45) is 2.98. The lowest BCUT2D eigenvalue weighted by atomic mass is 10.1. The van der Waals surface area contributed by atoms with Gasteiger partial charge in [-0.15, -0.1) is 0 Å². The lowest BCUT2D eigenvalue weighted by molar-refractivity contribution is -0.138. The first-order valence-corrected chi connectivity index (χ1v) is 6.25. The van der Waals surface area contributed by atoms with E-state index in [-0.39, 0.29) is 17.9 Å². The molecule has 1 unspecified atom stereocenters. The molecular formula is C13H18N2O3. The summed E-state index contributed by atoms with van der Waals surface area (Å²) >= 11 is 0. The van der Waals surface area contributed by atoms with E-state index in [1.165, 1.54) is 0 Å². The standard InChI is InChI=1S/C13H18N2O3/c16-12-3-1-2-5-15(12)8-7-14-6-4-11(10-14)9-13(17)18/h1-3,5,11H,4,6-10H2,(H,17,18). The number of likely N-dealkylation sites (tertiary alicyclic amines) is 1. The number of aromatic nitrogens is 1. The molecule has 0 radical (unpaired) electrons. The van der Waals surface area contributed by atoms with Crippen molar-refractivity contribution in [3.8, 4) is 0 Å². The Hall–Kier alpha value is -1.62. The number of carbonyl (C=O) groups is 1. The molecule has 1 aliphatic rings. The highest BCUT2D eigenvalue weighted by atomic mass is 16.4. The molecule has 1 atom stereocenters. The molecule has 0 aromatic carbocycles. The molecule has 2 heterocycles. The highest BCUT2D eigenvalue weighted by molar-refractivity contribution is 5.67. The normalized spacial score (nSPS) is 20.1. The smallest absolute Gasteiger partial charge is 0.303 e. The Balaban J connectivity index is 1.80. The average Bonchev–Trinajstić information content (AvgIpc) is 2.75. The van der Waals surface area contributed by atoms with Gasteiger partial charge in [0.1, 0.15) is 0 Å². The first kappa shape index (κ1) is 12.8. The van der Waals surface area contributed by atoms with Crippen LogP contribution in [0.25, 0.3) is 0 Å². The van der Waals surface area contributed by atoms with E-state index in [9.17, 15) is 9.59 Å². The van der Waals surface area contributed by atoms with Crippen LogP contribution in [0, 0.1) is 5.92 Å². The van der Waals surface area contributed by atoms with E-state index in [0.717, 1.165) is 26.1 Å². The summed E-state index contributed by atoms with van der Waals surface area (Å²) < 4.78 is 1.69. The fraction of sp³-hybridized carbons (Fsp3) is 0.538. The van der Waals surface area contributed by atoms with Crippen molar-refractivity contribution in [2.45, 2.75) is 19.4 Å². The molecule has 5 nitrogen and oxygen atoms in total. The number of hydrogen-bond acceptors (Lipinski definition) is 3. The molecule has 0 saturated carbocycles. The minimum atomic E-state index is -0.721. The molecule has 2 rings (SSSR count). The topological polar surface area (TPSA) is 62.5 Å². The number of rotatable bonds is 5. The van der Waals surface area contributed by atoms with Crippen molar-refractivity contribution in [2.24, 2.45) is 5.92 Å². The lowest BCUT2D eigenvalue weighted by Crippen LogP contribution is -2.29. The average molecular weight is 250 g/mol. The zero-order valence-electron chi connectivity index (χ0n) is 10.3. The van der Waals surface area contributed by atoms with Gasteiger partial charge in [-0.25, -0.2) is 0 Å². The van der Waals surface area contributed by atoms with Gasteiger partial charge in [-0.2, -0.15) is 0 Å². The van der Waals surface area contributed by atoms with Gasteiger partial charge >= 0.3 is 5.97 Å². The van der Waals surface area contributed by atoms with Crippen molar-refractivity contribution in [1.29, 1.82) is 0 Å². The molecular weight excluding hydrogens is 232 g/mol. The zero-order valence-corrected chi connectivity index (χ0v) is 10.3. The predicted molar refractivity (Wildman–Crippen MR) is 67.5 cm³/mol. The van der Waals surface area contributed by atoms with Crippen LogP contribution in [0.2, 0.25) is 0 Å². The van der Waals surface area contributed by atoms with Gasteiger partial charge < -0.3 is 14.6 Å². The molecule has 1 N–H and O–H groups in total. The van der Waals surface area contributed by atoms with E-state index in [4.69, 9.17) is 5.11 Å². The number of pyridine rings is 1. The van der Waals surface area contributed by atoms with E-state index < -0.39 is 5.97 Å². The van der Waals surface area contributed by atoms with Crippen LogP contribution in [-0.2, 0) is 11.3 Å². The van der Waals surface area contributed by atoms with Crippen molar-refractivity contribution in [3.63, 3.8) is 0 Å². The SMILES string of the molecule is O=C(O)CC1CCN(CCn2ccccc2=O)C1. The van der Waals surface area contributed by atoms with Crippen LogP contribution < -0.4 is 5.56 Å². The van der Waals surface area contributed by atoms with E-state index >= 15 is 0 Å². The summed E-state index contributed by atoms with van der Waals surface area (Å²) in [4.78, 5) is 24.4. The number of carboxylic acid groups (broad SMARTS) is 1. The van der Waals surface area contributed by atoms with Crippen LogP contribution in [-0.4, -0.2) is 40.2 Å². The summed E-state index contributed by atoms with van der Waals surface area (Å²) in [6, 6.07) is 5.13. The summed E-state index contributed by atoms with van der Waals surface area (Å²) in [5, 5.41) is 8.74. The third-order valence-corrected chi connectivity index (χ3v) is 3.39. The first-order valence-electron chi connectivity index (χ1n) is 6.25. The molecule has 1 aliphatic heterocycles. The van der Waals surface area contributed by atoms with Crippen LogP contribution >= 0.6 is 0 Å². The summed E-state index contributed by atoms with van der Waals surface area (Å²) in [6.45, 7) is 3.23. The van der Waals surface area contributed by atoms with Crippen LogP contribution in [0.3, 0.4) is 0 Å². The molecule has 1 aromatic heterocycles. The van der Waals surface area contributed by atoms with Crippen LogP contribution in [0.4, 0.5) is 0 Å². The maximum Gasteiger partial charge on any atom is 0.303 e. The maximum absolute atomic E-state index is 11.5. The number of carboxylic acids is 1. The first-order chi connectivity index (χ1) is 8.65. The number of aliphatic carboxylic acids is 1. The quantitative estimate of drug-likeness (QED) is 0.833. The van der Waals surface area contributed by atoms with Gasteiger partial charge in [-0.05, 0) is 24.9 Å². The van der Waals surface area contributed by atoms with Gasteiger partial charge in [0, 0.05) is 38.3 Å². The van der Waals surface area contributed by atoms with E-state index in [0.29, 0.717) is 6.54 Å². The summed E-state index contributed by atoms with van der Waals surface area (Å²) in [7, 11) is 0. The van der Waals surface area contributed by atoms with Gasteiger partial charge in [0.05, 0.1) is 0 Å². The second-order valence-electron chi connectivity index (χ2n) is 4.79. The van der Waals surface area contributed by atoms with Crippen molar-refractivity contribution >= 4 is 5.97 Å². The fourth-order valence-corrected chi connectivity index (χ4v) is 2.42. The van der Waals surface area contributed by atoms with Gasteiger partial charge in [-0.1, -0.05) is 6.07 Å². The molecule has 98 valence electrons. The maximum atomic E-state index is 11.5. The van der Waals surface area contributed by atoms with Gasteiger partial charge in [-0.3, -0.25) is 9.59 Å². The highest BCUT2D eigenvalue weighted by Crippen LogP contribution is 2.19. The molecule has 18 heavy (non-hydrogen) atoms. The third-order valence-electron chi connectivity index (χ3n) is 3.39. The van der Waals surface area contributed by atoms with Crippen LogP contribution in [0.5, 0.6) is 0 Å². The molecule has 5 heteroatoms. The molecule has 0 spiro atoms. The molecule has 1 fully saturated rings. The van der Waals surface area contributed by atoms with Crippen molar-refractivity contribution < 1.29 is 9.90 Å². The highest BCUT2D eigenvalue weighted by Gasteiger charge is 2.23. The summed E-state index contributed by atoms with van der Waals surface area (Å²) in [5.41, 5.74) is 0.0128. The monoisotopic (exact) mass is 250 g/mol. The van der Waals surface area contributed by atoms with Crippen LogP contribution in [0.1, 0.15) is 12.8 Å². The molecule has 0 aliphatic carbocycles. The van der Waals surface area contributed by atoms with Gasteiger partial charge in [0.15, 0.2) is 0 Å². The lowest BCUT2D eigenvalue weighted by Gasteiger charge is -2.16. The molecule has 0 amide bonds. The third kappa shape index (κ3) is 3.43. The second-order valence-corrected chi connectivity index (χ2v) is 4.79. The van der Waals surface area contributed by atoms with E-state index in [1.54, 1.807) is 22.9 Å². The number of nitrogens with zero attached hydrogens (tertiary/aromatic N) is 2. The summed E-state index contributed by atoms with van der Waals surface area (Å²) in [5.74, 6) is -0.462. The Morgan fingerprint density at radius 2 is 2.22 bits per heavy atom. The Morgan fingerprint density at radius 1 is 1.39 bits per heavy atom.